The molecule has 29 heavy (non-hydrogen) atoms. The van der Waals surface area contributed by atoms with Gasteiger partial charge in [0.1, 0.15) is 12.7 Å². The summed E-state index contributed by atoms with van der Waals surface area (Å²) >= 11 is 5.15. The van der Waals surface area contributed by atoms with E-state index in [1.54, 1.807) is 24.4 Å². The second-order valence-corrected chi connectivity index (χ2v) is 9.07. The summed E-state index contributed by atoms with van der Waals surface area (Å²) in [7, 11) is 0. The fourth-order valence-electron chi connectivity index (χ4n) is 3.40. The fourth-order valence-corrected chi connectivity index (χ4v) is 4.48. The van der Waals surface area contributed by atoms with Crippen LogP contribution in [0.25, 0.3) is 0 Å². The molecule has 1 aromatic heterocycles. The van der Waals surface area contributed by atoms with Gasteiger partial charge in [0.15, 0.2) is 0 Å². The number of carbonyl (C=O) groups excluding carboxylic acids is 1. The molecule has 1 amide bonds. The van der Waals surface area contributed by atoms with E-state index in [-0.39, 0.29) is 5.91 Å². The molecule has 3 aromatic rings. The number of hydrogen-bond acceptors (Lipinski definition) is 5. The average Bonchev–Trinajstić information content (AvgIpc) is 3.27. The predicted molar refractivity (Wildman–Crippen MR) is 118 cm³/mol. The molecule has 1 aliphatic heterocycles. The SMILES string of the molecule is O=C(CN1CCC(n2cncn2)CC1)Nc1ccc(Sc2ccc(Br)cc2)cc1. The lowest BCUT2D eigenvalue weighted by Gasteiger charge is -2.31. The summed E-state index contributed by atoms with van der Waals surface area (Å²) in [6.07, 6.45) is 5.31. The van der Waals surface area contributed by atoms with Crippen molar-refractivity contribution in [2.45, 2.75) is 28.7 Å². The van der Waals surface area contributed by atoms with E-state index in [1.165, 1.54) is 4.90 Å². The predicted octanol–water partition coefficient (Wildman–Crippen LogP) is 4.47. The highest BCUT2D eigenvalue weighted by atomic mass is 79.9. The van der Waals surface area contributed by atoms with Crippen molar-refractivity contribution in [2.75, 3.05) is 25.0 Å². The van der Waals surface area contributed by atoms with Crippen molar-refractivity contribution in [3.63, 3.8) is 0 Å². The molecule has 8 heteroatoms. The monoisotopic (exact) mass is 471 g/mol. The normalized spacial score (nSPS) is 15.3. The second kappa shape index (κ2) is 9.56. The summed E-state index contributed by atoms with van der Waals surface area (Å²) in [6.45, 7) is 2.20. The molecule has 150 valence electrons. The van der Waals surface area contributed by atoms with E-state index < -0.39 is 0 Å². The van der Waals surface area contributed by atoms with E-state index >= 15 is 0 Å². The maximum Gasteiger partial charge on any atom is 0.238 e. The molecule has 2 heterocycles. The van der Waals surface area contributed by atoms with E-state index in [4.69, 9.17) is 0 Å². The number of hydrogen-bond donors (Lipinski definition) is 1. The molecule has 0 spiro atoms. The Hall–Kier alpha value is -2.16. The maximum atomic E-state index is 12.4. The molecule has 0 aliphatic carbocycles. The molecule has 4 rings (SSSR count). The highest BCUT2D eigenvalue weighted by Crippen LogP contribution is 2.29. The van der Waals surface area contributed by atoms with E-state index in [1.807, 2.05) is 41.1 Å². The molecule has 0 saturated carbocycles. The first-order chi connectivity index (χ1) is 14.2. The third-order valence-corrected chi connectivity index (χ3v) is 6.47. The van der Waals surface area contributed by atoms with E-state index in [0.29, 0.717) is 12.6 Å². The Labute approximate surface area is 182 Å². The van der Waals surface area contributed by atoms with Crippen LogP contribution in [0.4, 0.5) is 5.69 Å². The van der Waals surface area contributed by atoms with Crippen molar-refractivity contribution >= 4 is 39.3 Å². The van der Waals surface area contributed by atoms with Gasteiger partial charge in [0.2, 0.25) is 5.91 Å². The standard InChI is InChI=1S/C21H22BrN5OS/c22-16-1-5-19(6-2-16)29-20-7-3-17(4-8-20)25-21(28)13-26-11-9-18(10-12-26)27-15-23-14-24-27/h1-8,14-15,18H,9-13H2,(H,25,28). The Morgan fingerprint density at radius 2 is 1.72 bits per heavy atom. The highest BCUT2D eigenvalue weighted by molar-refractivity contribution is 9.10. The zero-order valence-corrected chi connectivity index (χ0v) is 18.3. The Morgan fingerprint density at radius 3 is 2.34 bits per heavy atom. The molecule has 0 radical (unpaired) electrons. The van der Waals surface area contributed by atoms with Crippen LogP contribution in [0.15, 0.2) is 75.4 Å². The van der Waals surface area contributed by atoms with Crippen molar-refractivity contribution < 1.29 is 4.79 Å². The van der Waals surface area contributed by atoms with Gasteiger partial charge in [-0.3, -0.25) is 9.69 Å². The average molecular weight is 472 g/mol. The van der Waals surface area contributed by atoms with E-state index in [9.17, 15) is 4.79 Å². The number of anilines is 1. The summed E-state index contributed by atoms with van der Waals surface area (Å²) in [4.78, 5) is 20.9. The van der Waals surface area contributed by atoms with Crippen molar-refractivity contribution in [3.8, 4) is 0 Å². The third-order valence-electron chi connectivity index (χ3n) is 4.92. The number of nitrogens with one attached hydrogen (secondary N) is 1. The zero-order valence-electron chi connectivity index (χ0n) is 15.9. The Kier molecular flexibility index (Phi) is 6.63. The number of likely N-dealkylation sites (tertiary alicyclic amines) is 1. The van der Waals surface area contributed by atoms with Crippen molar-refractivity contribution in [1.29, 1.82) is 0 Å². The second-order valence-electron chi connectivity index (χ2n) is 7.01. The number of aromatic nitrogens is 3. The number of benzene rings is 2. The number of piperidine rings is 1. The van der Waals surface area contributed by atoms with Crippen LogP contribution in [-0.4, -0.2) is 45.2 Å². The number of rotatable bonds is 6. The van der Waals surface area contributed by atoms with Gasteiger partial charge in [-0.15, -0.1) is 0 Å². The molecule has 1 fully saturated rings. The summed E-state index contributed by atoms with van der Waals surface area (Å²) in [5.74, 6) is 0.0255. The largest absolute Gasteiger partial charge is 0.325 e. The number of halogens is 1. The van der Waals surface area contributed by atoms with Gasteiger partial charge in [-0.2, -0.15) is 5.10 Å². The molecule has 1 aliphatic rings. The summed E-state index contributed by atoms with van der Waals surface area (Å²) in [6, 6.07) is 16.6. The first kappa shape index (κ1) is 20.1. The van der Waals surface area contributed by atoms with Gasteiger partial charge in [-0.25, -0.2) is 9.67 Å². The third kappa shape index (κ3) is 5.68. The fraction of sp³-hybridized carbons (Fsp3) is 0.286. The van der Waals surface area contributed by atoms with Gasteiger partial charge < -0.3 is 5.32 Å². The Bertz CT molecular complexity index is 923. The van der Waals surface area contributed by atoms with Crippen molar-refractivity contribution in [1.82, 2.24) is 19.7 Å². The van der Waals surface area contributed by atoms with Crippen LogP contribution >= 0.6 is 27.7 Å². The van der Waals surface area contributed by atoms with Gasteiger partial charge >= 0.3 is 0 Å². The van der Waals surface area contributed by atoms with E-state index in [2.05, 4.69) is 48.4 Å². The molecular formula is C21H22BrN5OS. The Morgan fingerprint density at radius 1 is 1.07 bits per heavy atom. The van der Waals surface area contributed by atoms with Crippen LogP contribution in [0.2, 0.25) is 0 Å². The molecule has 0 unspecified atom stereocenters. The lowest BCUT2D eigenvalue weighted by Crippen LogP contribution is -2.39. The molecule has 6 nitrogen and oxygen atoms in total. The molecule has 1 saturated heterocycles. The summed E-state index contributed by atoms with van der Waals surface area (Å²) < 4.78 is 2.99. The van der Waals surface area contributed by atoms with Gasteiger partial charge in [0.25, 0.3) is 0 Å². The topological polar surface area (TPSA) is 63.1 Å². The summed E-state index contributed by atoms with van der Waals surface area (Å²) in [5.41, 5.74) is 0.827. The van der Waals surface area contributed by atoms with Crippen LogP contribution in [0.3, 0.4) is 0 Å². The van der Waals surface area contributed by atoms with Gasteiger partial charge in [0, 0.05) is 33.0 Å². The van der Waals surface area contributed by atoms with Crippen LogP contribution in [0, 0.1) is 0 Å². The van der Waals surface area contributed by atoms with Crippen LogP contribution in [0.1, 0.15) is 18.9 Å². The molecule has 2 aromatic carbocycles. The quantitative estimate of drug-likeness (QED) is 0.574. The minimum atomic E-state index is 0.0255. The highest BCUT2D eigenvalue weighted by Gasteiger charge is 2.22. The number of amides is 1. The van der Waals surface area contributed by atoms with E-state index in [0.717, 1.165) is 41.0 Å². The smallest absolute Gasteiger partial charge is 0.238 e. The van der Waals surface area contributed by atoms with Crippen LogP contribution in [0.5, 0.6) is 0 Å². The van der Waals surface area contributed by atoms with Gasteiger partial charge in [0.05, 0.1) is 12.6 Å². The van der Waals surface area contributed by atoms with Crippen molar-refractivity contribution in [3.05, 3.63) is 65.7 Å². The molecule has 0 atom stereocenters. The van der Waals surface area contributed by atoms with Crippen LogP contribution < -0.4 is 5.32 Å². The molecule has 1 N–H and O–H groups in total. The number of carbonyl (C=O) groups is 1. The zero-order chi connectivity index (χ0) is 20.1. The number of nitrogens with zero attached hydrogens (tertiary/aromatic N) is 4. The minimum absolute atomic E-state index is 0.0255. The van der Waals surface area contributed by atoms with Crippen LogP contribution in [-0.2, 0) is 4.79 Å². The Balaban J connectivity index is 1.24. The van der Waals surface area contributed by atoms with Gasteiger partial charge in [-0.05, 0) is 61.4 Å². The summed E-state index contributed by atoms with van der Waals surface area (Å²) in [5, 5.41) is 7.23. The molecule has 0 bridgehead atoms. The van der Waals surface area contributed by atoms with Crippen molar-refractivity contribution in [2.24, 2.45) is 0 Å². The maximum absolute atomic E-state index is 12.4. The van der Waals surface area contributed by atoms with Gasteiger partial charge in [-0.1, -0.05) is 27.7 Å². The first-order valence-electron chi connectivity index (χ1n) is 9.55. The lowest BCUT2D eigenvalue weighted by atomic mass is 10.1. The minimum Gasteiger partial charge on any atom is -0.325 e. The molecular weight excluding hydrogens is 450 g/mol. The lowest BCUT2D eigenvalue weighted by molar-refractivity contribution is -0.117. The first-order valence-corrected chi connectivity index (χ1v) is 11.2.